The molecule has 0 spiro atoms. The summed E-state index contributed by atoms with van der Waals surface area (Å²) in [6, 6.07) is 14.2. The molecule has 1 aliphatic heterocycles. The Morgan fingerprint density at radius 1 is 1.04 bits per heavy atom. The standard InChI is InChI=1S/C19H19FN2O3/c1-25-12-11-21-13-17(23)22(19(21)24)18(14-5-3-2-4-6-14)15-7-9-16(20)10-8-15/h2-10,18H,11-13H2,1H3/t18-/m1/s1. The first kappa shape index (κ1) is 17.1. The third-order valence-electron chi connectivity index (χ3n) is 4.20. The summed E-state index contributed by atoms with van der Waals surface area (Å²) in [7, 11) is 1.55. The van der Waals surface area contributed by atoms with Crippen LogP contribution in [0.25, 0.3) is 0 Å². The molecule has 0 aromatic heterocycles. The summed E-state index contributed by atoms with van der Waals surface area (Å²) in [5.74, 6) is -0.643. The fourth-order valence-corrected chi connectivity index (χ4v) is 2.97. The quantitative estimate of drug-likeness (QED) is 0.759. The molecule has 25 heavy (non-hydrogen) atoms. The number of amides is 3. The minimum atomic E-state index is -0.589. The minimum Gasteiger partial charge on any atom is -0.383 e. The van der Waals surface area contributed by atoms with Gasteiger partial charge in [-0.1, -0.05) is 42.5 Å². The number of benzene rings is 2. The molecule has 130 valence electrons. The fraction of sp³-hybridized carbons (Fsp3) is 0.263. The first-order valence-electron chi connectivity index (χ1n) is 8.02. The summed E-state index contributed by atoms with van der Waals surface area (Å²) in [5.41, 5.74) is 1.48. The highest BCUT2D eigenvalue weighted by Crippen LogP contribution is 2.32. The smallest absolute Gasteiger partial charge is 0.328 e. The lowest BCUT2D eigenvalue weighted by atomic mass is 9.97. The van der Waals surface area contributed by atoms with E-state index in [1.54, 1.807) is 19.2 Å². The second-order valence-electron chi connectivity index (χ2n) is 5.83. The van der Waals surface area contributed by atoms with Gasteiger partial charge in [-0.15, -0.1) is 0 Å². The molecule has 6 heteroatoms. The SMILES string of the molecule is COCCN1CC(=O)N([C@H](c2ccccc2)c2ccc(F)cc2)C1=O. The molecule has 3 amide bonds. The number of carbonyl (C=O) groups is 2. The number of imide groups is 1. The lowest BCUT2D eigenvalue weighted by molar-refractivity contribution is -0.126. The Bertz CT molecular complexity index is 749. The van der Waals surface area contributed by atoms with Gasteiger partial charge in [0.15, 0.2) is 0 Å². The van der Waals surface area contributed by atoms with E-state index in [0.29, 0.717) is 18.7 Å². The maximum absolute atomic E-state index is 13.3. The van der Waals surface area contributed by atoms with Crippen molar-refractivity contribution in [3.05, 3.63) is 71.5 Å². The summed E-state index contributed by atoms with van der Waals surface area (Å²) in [6.07, 6.45) is 0. The minimum absolute atomic E-state index is 0.0206. The first-order valence-corrected chi connectivity index (χ1v) is 8.02. The van der Waals surface area contributed by atoms with Crippen LogP contribution < -0.4 is 0 Å². The number of carbonyl (C=O) groups excluding carboxylic acids is 2. The van der Waals surface area contributed by atoms with Gasteiger partial charge in [-0.2, -0.15) is 0 Å². The zero-order valence-corrected chi connectivity index (χ0v) is 13.9. The van der Waals surface area contributed by atoms with Crippen LogP contribution in [0.5, 0.6) is 0 Å². The van der Waals surface area contributed by atoms with E-state index < -0.39 is 6.04 Å². The molecule has 3 rings (SSSR count). The van der Waals surface area contributed by atoms with Crippen LogP contribution in [0, 0.1) is 5.82 Å². The number of hydrogen-bond acceptors (Lipinski definition) is 3. The van der Waals surface area contributed by atoms with Crippen molar-refractivity contribution < 1.29 is 18.7 Å². The van der Waals surface area contributed by atoms with E-state index in [1.165, 1.54) is 21.9 Å². The average molecular weight is 342 g/mol. The summed E-state index contributed by atoms with van der Waals surface area (Å²) < 4.78 is 18.3. The number of ether oxygens (including phenoxy) is 1. The predicted molar refractivity (Wildman–Crippen MR) is 90.4 cm³/mol. The van der Waals surface area contributed by atoms with Crippen LogP contribution >= 0.6 is 0 Å². The van der Waals surface area contributed by atoms with Gasteiger partial charge >= 0.3 is 6.03 Å². The van der Waals surface area contributed by atoms with Gasteiger partial charge in [-0.25, -0.2) is 9.18 Å². The largest absolute Gasteiger partial charge is 0.383 e. The molecule has 0 aliphatic carbocycles. The van der Waals surface area contributed by atoms with Crippen LogP contribution in [-0.2, 0) is 9.53 Å². The molecule has 1 fully saturated rings. The molecule has 5 nitrogen and oxygen atoms in total. The van der Waals surface area contributed by atoms with Crippen LogP contribution in [0.3, 0.4) is 0 Å². The van der Waals surface area contributed by atoms with Crippen LogP contribution in [-0.4, -0.2) is 48.5 Å². The van der Waals surface area contributed by atoms with Gasteiger partial charge in [0.25, 0.3) is 5.91 Å². The zero-order valence-electron chi connectivity index (χ0n) is 13.9. The van der Waals surface area contributed by atoms with E-state index in [1.807, 2.05) is 30.3 Å². The molecule has 0 unspecified atom stereocenters. The number of nitrogens with zero attached hydrogens (tertiary/aromatic N) is 2. The van der Waals surface area contributed by atoms with Crippen molar-refractivity contribution in [1.82, 2.24) is 9.80 Å². The second kappa shape index (κ2) is 7.44. The first-order chi connectivity index (χ1) is 12.1. The van der Waals surface area contributed by atoms with Crippen molar-refractivity contribution in [2.75, 3.05) is 26.8 Å². The van der Waals surface area contributed by atoms with E-state index >= 15 is 0 Å². The molecule has 2 aromatic carbocycles. The Balaban J connectivity index is 1.98. The van der Waals surface area contributed by atoms with Crippen molar-refractivity contribution in [3.8, 4) is 0 Å². The van der Waals surface area contributed by atoms with Crippen molar-refractivity contribution in [1.29, 1.82) is 0 Å². The van der Waals surface area contributed by atoms with E-state index in [9.17, 15) is 14.0 Å². The predicted octanol–water partition coefficient (Wildman–Crippen LogP) is 2.83. The molecular formula is C19H19FN2O3. The second-order valence-corrected chi connectivity index (χ2v) is 5.83. The van der Waals surface area contributed by atoms with Gasteiger partial charge in [-0.3, -0.25) is 9.69 Å². The van der Waals surface area contributed by atoms with Crippen LogP contribution in [0.2, 0.25) is 0 Å². The van der Waals surface area contributed by atoms with Crippen LogP contribution in [0.15, 0.2) is 54.6 Å². The fourth-order valence-electron chi connectivity index (χ4n) is 2.97. The molecule has 0 N–H and O–H groups in total. The highest BCUT2D eigenvalue weighted by Gasteiger charge is 2.41. The topological polar surface area (TPSA) is 49.9 Å². The molecule has 1 atom stereocenters. The van der Waals surface area contributed by atoms with Crippen LogP contribution in [0.4, 0.5) is 9.18 Å². The van der Waals surface area contributed by atoms with Gasteiger partial charge in [0, 0.05) is 13.7 Å². The van der Waals surface area contributed by atoms with Crippen molar-refractivity contribution >= 4 is 11.9 Å². The molecule has 1 saturated heterocycles. The number of methoxy groups -OCH3 is 1. The van der Waals surface area contributed by atoms with E-state index in [4.69, 9.17) is 4.74 Å². The van der Waals surface area contributed by atoms with Gasteiger partial charge in [0.2, 0.25) is 0 Å². The van der Waals surface area contributed by atoms with Crippen LogP contribution in [0.1, 0.15) is 17.2 Å². The third-order valence-corrected chi connectivity index (χ3v) is 4.20. The Morgan fingerprint density at radius 3 is 2.32 bits per heavy atom. The zero-order chi connectivity index (χ0) is 17.8. The van der Waals surface area contributed by atoms with Gasteiger partial charge in [-0.05, 0) is 23.3 Å². The lowest BCUT2D eigenvalue weighted by Gasteiger charge is -2.27. The van der Waals surface area contributed by atoms with Crippen molar-refractivity contribution in [2.24, 2.45) is 0 Å². The lowest BCUT2D eigenvalue weighted by Crippen LogP contribution is -2.37. The summed E-state index contributed by atoms with van der Waals surface area (Å²) in [6.45, 7) is 0.731. The number of halogens is 1. The Morgan fingerprint density at radius 2 is 1.68 bits per heavy atom. The summed E-state index contributed by atoms with van der Waals surface area (Å²) in [5, 5.41) is 0. The molecule has 0 bridgehead atoms. The Labute approximate surface area is 145 Å². The number of urea groups is 1. The normalized spacial score (nSPS) is 15.8. The molecule has 0 saturated carbocycles. The van der Waals surface area contributed by atoms with E-state index in [-0.39, 0.29) is 24.3 Å². The van der Waals surface area contributed by atoms with Crippen molar-refractivity contribution in [3.63, 3.8) is 0 Å². The highest BCUT2D eigenvalue weighted by atomic mass is 19.1. The molecule has 0 radical (unpaired) electrons. The van der Waals surface area contributed by atoms with E-state index in [2.05, 4.69) is 0 Å². The van der Waals surface area contributed by atoms with Gasteiger partial charge in [0.05, 0.1) is 12.6 Å². The maximum atomic E-state index is 13.3. The van der Waals surface area contributed by atoms with Gasteiger partial charge < -0.3 is 9.64 Å². The molecule has 1 aliphatic rings. The third kappa shape index (κ3) is 3.53. The maximum Gasteiger partial charge on any atom is 0.328 e. The Hall–Kier alpha value is -2.73. The number of hydrogen-bond donors (Lipinski definition) is 0. The van der Waals surface area contributed by atoms with Crippen molar-refractivity contribution in [2.45, 2.75) is 6.04 Å². The van der Waals surface area contributed by atoms with E-state index in [0.717, 1.165) is 5.56 Å². The monoisotopic (exact) mass is 342 g/mol. The number of rotatable bonds is 6. The summed E-state index contributed by atoms with van der Waals surface area (Å²) in [4.78, 5) is 28.1. The molecular weight excluding hydrogens is 323 g/mol. The Kier molecular flexibility index (Phi) is 5.09. The highest BCUT2D eigenvalue weighted by molar-refractivity contribution is 6.02. The molecule has 1 heterocycles. The summed E-state index contributed by atoms with van der Waals surface area (Å²) >= 11 is 0. The molecule has 2 aromatic rings. The average Bonchev–Trinajstić information content (AvgIpc) is 2.90. The van der Waals surface area contributed by atoms with Gasteiger partial charge in [0.1, 0.15) is 12.4 Å².